The van der Waals surface area contributed by atoms with Crippen LogP contribution in [0.15, 0.2) is 24.8 Å². The van der Waals surface area contributed by atoms with Crippen molar-refractivity contribution in [1.29, 1.82) is 0 Å². The molecule has 0 aliphatic carbocycles. The number of nitrogens with one attached hydrogen (secondary N) is 2. The molecule has 2 aromatic heterocycles. The van der Waals surface area contributed by atoms with Crippen LogP contribution in [0.2, 0.25) is 0 Å². The lowest BCUT2D eigenvalue weighted by Crippen LogP contribution is -2.31. The molecule has 2 aromatic rings. The zero-order chi connectivity index (χ0) is 14.5. The largest absolute Gasteiger partial charge is 0.478 e. The average molecular weight is 276 g/mol. The summed E-state index contributed by atoms with van der Waals surface area (Å²) in [5.41, 5.74) is 0.306. The standard InChI is InChI=1S/C11H12N6O3/c1-17(5-9-13-6-14-16-9)11(20)15-8-2-7(10(18)19)3-12-4-8/h2-4,6H,5H2,1H3,(H,15,20)(H,18,19)(H,13,14,16). The number of pyridine rings is 1. The molecule has 0 unspecified atom stereocenters. The highest BCUT2D eigenvalue weighted by Gasteiger charge is 2.12. The number of urea groups is 1. The van der Waals surface area contributed by atoms with Gasteiger partial charge < -0.3 is 15.3 Å². The number of rotatable bonds is 4. The van der Waals surface area contributed by atoms with Crippen molar-refractivity contribution in [1.82, 2.24) is 25.1 Å². The second-order valence-corrected chi connectivity index (χ2v) is 3.99. The van der Waals surface area contributed by atoms with Crippen LogP contribution in [0.4, 0.5) is 10.5 Å². The molecule has 9 heteroatoms. The summed E-state index contributed by atoms with van der Waals surface area (Å²) in [6.07, 6.45) is 3.92. The summed E-state index contributed by atoms with van der Waals surface area (Å²) in [5.74, 6) is -0.566. The summed E-state index contributed by atoms with van der Waals surface area (Å²) >= 11 is 0. The molecule has 0 saturated heterocycles. The van der Waals surface area contributed by atoms with Crippen LogP contribution in [0, 0.1) is 0 Å². The van der Waals surface area contributed by atoms with Crippen molar-refractivity contribution in [2.24, 2.45) is 0 Å². The van der Waals surface area contributed by atoms with Crippen molar-refractivity contribution in [3.05, 3.63) is 36.2 Å². The van der Waals surface area contributed by atoms with Crippen LogP contribution < -0.4 is 5.32 Å². The van der Waals surface area contributed by atoms with E-state index in [1.807, 2.05) is 0 Å². The third-order valence-electron chi connectivity index (χ3n) is 2.44. The van der Waals surface area contributed by atoms with E-state index in [0.29, 0.717) is 11.5 Å². The highest BCUT2D eigenvalue weighted by atomic mass is 16.4. The van der Waals surface area contributed by atoms with Gasteiger partial charge in [0.2, 0.25) is 0 Å². The van der Waals surface area contributed by atoms with Crippen LogP contribution in [-0.2, 0) is 6.54 Å². The van der Waals surface area contributed by atoms with Gasteiger partial charge >= 0.3 is 12.0 Å². The van der Waals surface area contributed by atoms with Gasteiger partial charge in [-0.1, -0.05) is 0 Å². The first-order valence-electron chi connectivity index (χ1n) is 5.61. The predicted octanol–water partition coefficient (Wildman–Crippen LogP) is 0.562. The van der Waals surface area contributed by atoms with Gasteiger partial charge in [-0.2, -0.15) is 5.10 Å². The molecule has 0 atom stereocenters. The number of hydrogen-bond acceptors (Lipinski definition) is 5. The zero-order valence-electron chi connectivity index (χ0n) is 10.6. The lowest BCUT2D eigenvalue weighted by Gasteiger charge is -2.16. The molecule has 2 heterocycles. The number of aromatic nitrogens is 4. The van der Waals surface area contributed by atoms with E-state index in [4.69, 9.17) is 5.11 Å². The van der Waals surface area contributed by atoms with Crippen LogP contribution >= 0.6 is 0 Å². The second-order valence-electron chi connectivity index (χ2n) is 3.99. The van der Waals surface area contributed by atoms with E-state index in [-0.39, 0.29) is 12.1 Å². The van der Waals surface area contributed by atoms with E-state index in [1.54, 1.807) is 7.05 Å². The maximum absolute atomic E-state index is 11.9. The molecule has 0 fully saturated rings. The van der Waals surface area contributed by atoms with Gasteiger partial charge in [-0.25, -0.2) is 14.6 Å². The normalized spacial score (nSPS) is 10.1. The van der Waals surface area contributed by atoms with E-state index >= 15 is 0 Å². The summed E-state index contributed by atoms with van der Waals surface area (Å²) in [7, 11) is 1.58. The minimum absolute atomic E-state index is 0.000637. The van der Waals surface area contributed by atoms with E-state index in [9.17, 15) is 9.59 Å². The SMILES string of the molecule is CN(Cc1ncn[nH]1)C(=O)Nc1cncc(C(=O)O)c1. The van der Waals surface area contributed by atoms with Crippen molar-refractivity contribution in [3.63, 3.8) is 0 Å². The maximum atomic E-state index is 11.9. The van der Waals surface area contributed by atoms with E-state index in [1.165, 1.54) is 29.7 Å². The van der Waals surface area contributed by atoms with E-state index < -0.39 is 12.0 Å². The fourth-order valence-corrected chi connectivity index (χ4v) is 1.45. The highest BCUT2D eigenvalue weighted by Crippen LogP contribution is 2.09. The number of hydrogen-bond donors (Lipinski definition) is 3. The molecule has 0 spiro atoms. The lowest BCUT2D eigenvalue weighted by atomic mass is 10.2. The van der Waals surface area contributed by atoms with Gasteiger partial charge in [0.25, 0.3) is 0 Å². The molecule has 0 aliphatic rings. The molecule has 0 aromatic carbocycles. The minimum atomic E-state index is -1.11. The fourth-order valence-electron chi connectivity index (χ4n) is 1.45. The van der Waals surface area contributed by atoms with Gasteiger partial charge in [0, 0.05) is 13.2 Å². The van der Waals surface area contributed by atoms with Crippen LogP contribution in [-0.4, -0.2) is 49.2 Å². The molecular weight excluding hydrogens is 264 g/mol. The van der Waals surface area contributed by atoms with Gasteiger partial charge in [0.15, 0.2) is 0 Å². The van der Waals surface area contributed by atoms with E-state index in [2.05, 4.69) is 25.5 Å². The Morgan fingerprint density at radius 2 is 2.25 bits per heavy atom. The Morgan fingerprint density at radius 1 is 1.45 bits per heavy atom. The number of nitrogens with zero attached hydrogens (tertiary/aromatic N) is 4. The Balaban J connectivity index is 2.00. The number of H-pyrrole nitrogens is 1. The summed E-state index contributed by atoms with van der Waals surface area (Å²) < 4.78 is 0. The summed E-state index contributed by atoms with van der Waals surface area (Å²) in [5, 5.41) is 17.7. The molecule has 3 N–H and O–H groups in total. The molecule has 9 nitrogen and oxygen atoms in total. The molecule has 0 bridgehead atoms. The summed E-state index contributed by atoms with van der Waals surface area (Å²) in [4.78, 5) is 31.7. The molecule has 0 saturated carbocycles. The smallest absolute Gasteiger partial charge is 0.337 e. The first-order chi connectivity index (χ1) is 9.56. The van der Waals surface area contributed by atoms with Gasteiger partial charge in [-0.3, -0.25) is 10.1 Å². The first-order valence-corrected chi connectivity index (χ1v) is 5.61. The van der Waals surface area contributed by atoms with Crippen molar-refractivity contribution >= 4 is 17.7 Å². The van der Waals surface area contributed by atoms with Gasteiger partial charge in [-0.15, -0.1) is 0 Å². The third-order valence-corrected chi connectivity index (χ3v) is 2.44. The quantitative estimate of drug-likeness (QED) is 0.749. The molecule has 2 rings (SSSR count). The Labute approximate surface area is 113 Å². The number of anilines is 1. The zero-order valence-corrected chi connectivity index (χ0v) is 10.6. The summed E-state index contributed by atoms with van der Waals surface area (Å²) in [6, 6.07) is 0.918. The number of carboxylic acid groups (broad SMARTS) is 1. The van der Waals surface area contributed by atoms with Crippen LogP contribution in [0.25, 0.3) is 0 Å². The molecule has 20 heavy (non-hydrogen) atoms. The number of carbonyl (C=O) groups is 2. The van der Waals surface area contributed by atoms with E-state index in [0.717, 1.165) is 0 Å². The van der Waals surface area contributed by atoms with Crippen LogP contribution in [0.3, 0.4) is 0 Å². The monoisotopic (exact) mass is 276 g/mol. The Bertz CT molecular complexity index is 612. The summed E-state index contributed by atoms with van der Waals surface area (Å²) in [6.45, 7) is 0.248. The predicted molar refractivity (Wildman–Crippen MR) is 68.1 cm³/mol. The van der Waals surface area contributed by atoms with Crippen molar-refractivity contribution in [2.45, 2.75) is 6.54 Å². The maximum Gasteiger partial charge on any atom is 0.337 e. The Kier molecular flexibility index (Phi) is 3.89. The molecule has 104 valence electrons. The molecule has 2 amide bonds. The lowest BCUT2D eigenvalue weighted by molar-refractivity contribution is 0.0696. The second kappa shape index (κ2) is 5.78. The molecular formula is C11H12N6O3. The fraction of sp³-hybridized carbons (Fsp3) is 0.182. The highest BCUT2D eigenvalue weighted by molar-refractivity contribution is 5.92. The van der Waals surface area contributed by atoms with Crippen LogP contribution in [0.5, 0.6) is 0 Å². The number of amides is 2. The number of carbonyl (C=O) groups excluding carboxylic acids is 1. The van der Waals surface area contributed by atoms with Crippen molar-refractivity contribution in [3.8, 4) is 0 Å². The topological polar surface area (TPSA) is 124 Å². The van der Waals surface area contributed by atoms with Gasteiger partial charge in [-0.05, 0) is 6.07 Å². The van der Waals surface area contributed by atoms with Crippen LogP contribution in [0.1, 0.15) is 16.2 Å². The van der Waals surface area contributed by atoms with Crippen molar-refractivity contribution in [2.75, 3.05) is 12.4 Å². The van der Waals surface area contributed by atoms with Crippen molar-refractivity contribution < 1.29 is 14.7 Å². The van der Waals surface area contributed by atoms with Gasteiger partial charge in [0.05, 0.1) is 24.0 Å². The Hall–Kier alpha value is -2.97. The average Bonchev–Trinajstić information content (AvgIpc) is 2.91. The first kappa shape index (κ1) is 13.5. The van der Waals surface area contributed by atoms with Gasteiger partial charge in [0.1, 0.15) is 12.2 Å². The molecule has 0 radical (unpaired) electrons. The minimum Gasteiger partial charge on any atom is -0.478 e. The third kappa shape index (κ3) is 3.28. The molecule has 0 aliphatic heterocycles. The number of aromatic amines is 1. The Morgan fingerprint density at radius 3 is 2.90 bits per heavy atom. The number of carboxylic acids is 1. The number of aromatic carboxylic acids is 1.